The van der Waals surface area contributed by atoms with Gasteiger partial charge in [0.1, 0.15) is 5.76 Å². The Labute approximate surface area is 147 Å². The summed E-state index contributed by atoms with van der Waals surface area (Å²) in [5.74, 6) is 1.26. The summed E-state index contributed by atoms with van der Waals surface area (Å²) in [4.78, 5) is 15.5. The molecule has 0 saturated heterocycles. The quantitative estimate of drug-likeness (QED) is 0.348. The van der Waals surface area contributed by atoms with Crippen molar-refractivity contribution in [2.24, 2.45) is 0 Å². The van der Waals surface area contributed by atoms with Crippen molar-refractivity contribution in [1.82, 2.24) is 4.98 Å². The summed E-state index contributed by atoms with van der Waals surface area (Å²) < 4.78 is 7.03. The molecule has 0 saturated carbocycles. The fourth-order valence-electron chi connectivity index (χ4n) is 2.76. The Bertz CT molecular complexity index is 1080. The average Bonchev–Trinajstić information content (AvgIpc) is 3.23. The molecule has 0 aliphatic carbocycles. The maximum Gasteiger partial charge on any atom is 0.273 e. The zero-order valence-electron chi connectivity index (χ0n) is 13.6. The van der Waals surface area contributed by atoms with Crippen LogP contribution in [0.25, 0.3) is 32.3 Å². The Morgan fingerprint density at radius 1 is 1.08 bits per heavy atom. The van der Waals surface area contributed by atoms with E-state index in [1.807, 2.05) is 49.4 Å². The molecule has 124 valence electrons. The number of hydrogen-bond acceptors (Lipinski definition) is 5. The largest absolute Gasteiger partial charge is 0.454 e. The first kappa shape index (κ1) is 15.5. The van der Waals surface area contributed by atoms with Crippen LogP contribution in [0.4, 0.5) is 5.69 Å². The predicted octanol–water partition coefficient (Wildman–Crippen LogP) is 5.75. The maximum absolute atomic E-state index is 11.3. The van der Waals surface area contributed by atoms with Crippen LogP contribution in [-0.2, 0) is 0 Å². The number of para-hydroxylation sites is 1. The van der Waals surface area contributed by atoms with E-state index >= 15 is 0 Å². The number of furan rings is 1. The molecular weight excluding hydrogens is 336 g/mol. The number of fused-ring (bicyclic) bond motifs is 1. The Morgan fingerprint density at radius 3 is 2.60 bits per heavy atom. The highest BCUT2D eigenvalue weighted by Gasteiger charge is 2.17. The Kier molecular flexibility index (Phi) is 3.62. The second-order valence-corrected chi connectivity index (χ2v) is 6.88. The molecule has 4 aromatic rings. The summed E-state index contributed by atoms with van der Waals surface area (Å²) in [5, 5.41) is 12.0. The van der Waals surface area contributed by atoms with Crippen LogP contribution < -0.4 is 0 Å². The number of nitrogens with zero attached hydrogens (tertiary/aromatic N) is 2. The Hall–Kier alpha value is -2.99. The molecular formula is C19H14N2O3S. The minimum atomic E-state index is -0.358. The monoisotopic (exact) mass is 350 g/mol. The third kappa shape index (κ3) is 2.70. The molecule has 4 rings (SSSR count). The van der Waals surface area contributed by atoms with Crippen LogP contribution in [0.1, 0.15) is 11.1 Å². The third-order valence-corrected chi connectivity index (χ3v) is 5.28. The van der Waals surface area contributed by atoms with Gasteiger partial charge in [0.25, 0.3) is 5.69 Å². The van der Waals surface area contributed by atoms with Gasteiger partial charge >= 0.3 is 0 Å². The van der Waals surface area contributed by atoms with E-state index in [1.165, 1.54) is 0 Å². The van der Waals surface area contributed by atoms with E-state index < -0.39 is 0 Å². The number of rotatable bonds is 3. The van der Waals surface area contributed by atoms with Gasteiger partial charge in [-0.15, -0.1) is 11.3 Å². The molecule has 0 bridgehead atoms. The molecule has 0 spiro atoms. The summed E-state index contributed by atoms with van der Waals surface area (Å²) in [6.45, 7) is 3.62. The molecule has 0 N–H and O–H groups in total. The van der Waals surface area contributed by atoms with Crippen molar-refractivity contribution in [3.8, 4) is 22.1 Å². The molecule has 5 nitrogen and oxygen atoms in total. The molecule has 2 aromatic carbocycles. The first-order valence-corrected chi connectivity index (χ1v) is 8.56. The number of aromatic nitrogens is 1. The number of thiazole rings is 1. The number of aryl methyl sites for hydroxylation is 1. The van der Waals surface area contributed by atoms with Crippen molar-refractivity contribution in [3.05, 3.63) is 69.8 Å². The second kappa shape index (κ2) is 5.82. The molecule has 0 atom stereocenters. The molecule has 6 heteroatoms. The average molecular weight is 350 g/mol. The van der Waals surface area contributed by atoms with Crippen LogP contribution in [-0.4, -0.2) is 9.91 Å². The predicted molar refractivity (Wildman–Crippen MR) is 98.9 cm³/mol. The lowest BCUT2D eigenvalue weighted by Gasteiger charge is -2.04. The van der Waals surface area contributed by atoms with Gasteiger partial charge < -0.3 is 4.42 Å². The third-order valence-electron chi connectivity index (χ3n) is 4.23. The van der Waals surface area contributed by atoms with Gasteiger partial charge in [-0.3, -0.25) is 10.1 Å². The minimum Gasteiger partial charge on any atom is -0.454 e. The van der Waals surface area contributed by atoms with Crippen molar-refractivity contribution in [2.45, 2.75) is 13.8 Å². The normalized spacial score (nSPS) is 11.1. The summed E-state index contributed by atoms with van der Waals surface area (Å²) in [5.41, 5.74) is 3.27. The van der Waals surface area contributed by atoms with Gasteiger partial charge in [-0.25, -0.2) is 4.98 Å². The molecule has 0 amide bonds. The topological polar surface area (TPSA) is 69.2 Å². The van der Waals surface area contributed by atoms with Gasteiger partial charge in [0, 0.05) is 17.2 Å². The van der Waals surface area contributed by atoms with Gasteiger partial charge in [-0.1, -0.05) is 12.1 Å². The van der Waals surface area contributed by atoms with E-state index in [4.69, 9.17) is 4.42 Å². The van der Waals surface area contributed by atoms with E-state index in [2.05, 4.69) is 4.98 Å². The lowest BCUT2D eigenvalue weighted by molar-refractivity contribution is -0.385. The lowest BCUT2D eigenvalue weighted by Crippen LogP contribution is -1.94. The maximum atomic E-state index is 11.3. The van der Waals surface area contributed by atoms with Crippen molar-refractivity contribution in [1.29, 1.82) is 0 Å². The number of nitro groups is 1. The number of nitro benzene ring substituents is 1. The van der Waals surface area contributed by atoms with Crippen LogP contribution >= 0.6 is 11.3 Å². The van der Waals surface area contributed by atoms with Crippen molar-refractivity contribution >= 4 is 27.2 Å². The fourth-order valence-corrected chi connectivity index (χ4v) is 3.69. The van der Waals surface area contributed by atoms with Gasteiger partial charge in [0.05, 0.1) is 15.1 Å². The zero-order chi connectivity index (χ0) is 17.6. The highest BCUT2D eigenvalue weighted by Crippen LogP contribution is 2.35. The van der Waals surface area contributed by atoms with Crippen LogP contribution in [0, 0.1) is 24.0 Å². The van der Waals surface area contributed by atoms with Crippen LogP contribution in [0.2, 0.25) is 0 Å². The highest BCUT2D eigenvalue weighted by atomic mass is 32.1. The SMILES string of the molecule is Cc1cc(-c2ccc(-c3nc4ccccc4s3)o2)cc([N+](=O)[O-])c1C. The van der Waals surface area contributed by atoms with Gasteiger partial charge in [-0.2, -0.15) is 0 Å². The first-order valence-electron chi connectivity index (χ1n) is 7.75. The molecule has 0 fully saturated rings. The zero-order valence-corrected chi connectivity index (χ0v) is 14.5. The number of hydrogen-bond donors (Lipinski definition) is 0. The second-order valence-electron chi connectivity index (χ2n) is 5.85. The summed E-state index contributed by atoms with van der Waals surface area (Å²) in [7, 11) is 0. The lowest BCUT2D eigenvalue weighted by atomic mass is 10.0. The van der Waals surface area contributed by atoms with Crippen LogP contribution in [0.3, 0.4) is 0 Å². The fraction of sp³-hybridized carbons (Fsp3) is 0.105. The van der Waals surface area contributed by atoms with Gasteiger partial charge in [0.2, 0.25) is 0 Å². The smallest absolute Gasteiger partial charge is 0.273 e. The minimum absolute atomic E-state index is 0.105. The molecule has 0 aliphatic heterocycles. The standard InChI is InChI=1S/C19H14N2O3S/c1-11-9-13(10-15(12(11)2)21(22)23)16-7-8-17(24-16)19-20-14-5-3-4-6-18(14)25-19/h3-10H,1-2H3. The molecule has 25 heavy (non-hydrogen) atoms. The Balaban J connectivity index is 1.78. The first-order chi connectivity index (χ1) is 12.0. The van der Waals surface area contributed by atoms with Crippen molar-refractivity contribution < 1.29 is 9.34 Å². The molecule has 0 aliphatic rings. The Morgan fingerprint density at radius 2 is 1.84 bits per heavy atom. The van der Waals surface area contributed by atoms with E-state index in [1.54, 1.807) is 24.3 Å². The van der Waals surface area contributed by atoms with E-state index in [-0.39, 0.29) is 10.6 Å². The van der Waals surface area contributed by atoms with Crippen LogP contribution in [0.15, 0.2) is 52.9 Å². The van der Waals surface area contributed by atoms with Crippen molar-refractivity contribution in [3.63, 3.8) is 0 Å². The summed E-state index contributed by atoms with van der Waals surface area (Å²) in [6.07, 6.45) is 0. The summed E-state index contributed by atoms with van der Waals surface area (Å²) >= 11 is 1.56. The molecule has 2 heterocycles. The van der Waals surface area contributed by atoms with Crippen LogP contribution in [0.5, 0.6) is 0 Å². The molecule has 2 aromatic heterocycles. The van der Waals surface area contributed by atoms with E-state index in [0.29, 0.717) is 22.6 Å². The summed E-state index contributed by atoms with van der Waals surface area (Å²) in [6, 6.07) is 15.1. The molecule has 0 unspecified atom stereocenters. The van der Waals surface area contributed by atoms with Gasteiger partial charge in [-0.05, 0) is 49.7 Å². The van der Waals surface area contributed by atoms with E-state index in [9.17, 15) is 10.1 Å². The number of benzene rings is 2. The van der Waals surface area contributed by atoms with Crippen molar-refractivity contribution in [2.75, 3.05) is 0 Å². The molecule has 0 radical (unpaired) electrons. The van der Waals surface area contributed by atoms with E-state index in [0.717, 1.165) is 20.8 Å². The van der Waals surface area contributed by atoms with Gasteiger partial charge in [0.15, 0.2) is 10.8 Å². The highest BCUT2D eigenvalue weighted by molar-refractivity contribution is 7.21.